The van der Waals surface area contributed by atoms with E-state index in [1.54, 1.807) is 0 Å². The summed E-state index contributed by atoms with van der Waals surface area (Å²) < 4.78 is 0. The van der Waals surface area contributed by atoms with Gasteiger partial charge in [0.05, 0.1) is 11.0 Å². The maximum atomic E-state index is 13.0. The number of amides is 1. The Bertz CT molecular complexity index is 1190. The van der Waals surface area contributed by atoms with Gasteiger partial charge in [-0.2, -0.15) is 0 Å². The second-order valence-electron chi connectivity index (χ2n) is 8.24. The molecule has 0 radical (unpaired) electrons. The lowest BCUT2D eigenvalue weighted by atomic mass is 10.1. The molecular formula is C26H26N4O. The highest BCUT2D eigenvalue weighted by atomic mass is 16.2. The van der Waals surface area contributed by atoms with Crippen LogP contribution in [-0.4, -0.2) is 51.9 Å². The van der Waals surface area contributed by atoms with Crippen LogP contribution < -0.4 is 0 Å². The van der Waals surface area contributed by atoms with Gasteiger partial charge in [0.2, 0.25) is 0 Å². The van der Waals surface area contributed by atoms with Crippen molar-refractivity contribution in [2.75, 3.05) is 26.2 Å². The molecule has 1 aliphatic rings. The Morgan fingerprint density at radius 2 is 1.68 bits per heavy atom. The molecular weight excluding hydrogens is 384 g/mol. The molecule has 0 aliphatic carbocycles. The van der Waals surface area contributed by atoms with Crippen molar-refractivity contribution in [1.82, 2.24) is 19.8 Å². The normalized spacial score (nSPS) is 14.8. The lowest BCUT2D eigenvalue weighted by molar-refractivity contribution is 0.0628. The molecule has 0 unspecified atom stereocenters. The molecule has 5 nitrogen and oxygen atoms in total. The zero-order valence-corrected chi connectivity index (χ0v) is 17.7. The summed E-state index contributed by atoms with van der Waals surface area (Å²) in [7, 11) is 0. The van der Waals surface area contributed by atoms with Crippen LogP contribution in [0.5, 0.6) is 0 Å². The molecule has 1 aromatic heterocycles. The van der Waals surface area contributed by atoms with Gasteiger partial charge in [0.1, 0.15) is 5.82 Å². The van der Waals surface area contributed by atoms with Gasteiger partial charge in [-0.25, -0.2) is 4.98 Å². The Morgan fingerprint density at radius 1 is 0.935 bits per heavy atom. The molecule has 5 rings (SSSR count). The number of aromatic nitrogens is 2. The fourth-order valence-corrected chi connectivity index (χ4v) is 4.16. The van der Waals surface area contributed by atoms with E-state index in [0.29, 0.717) is 0 Å². The summed E-state index contributed by atoms with van der Waals surface area (Å²) in [6, 6.07) is 24.5. The summed E-state index contributed by atoms with van der Waals surface area (Å²) in [4.78, 5) is 25.4. The average molecular weight is 411 g/mol. The molecule has 4 aromatic rings. The Kier molecular flexibility index (Phi) is 5.26. The molecule has 0 saturated carbocycles. The molecule has 5 heteroatoms. The minimum atomic E-state index is 0.103. The second kappa shape index (κ2) is 8.36. The van der Waals surface area contributed by atoms with E-state index < -0.39 is 0 Å². The monoisotopic (exact) mass is 410 g/mol. The second-order valence-corrected chi connectivity index (χ2v) is 8.24. The minimum Gasteiger partial charge on any atom is -0.338 e. The molecule has 1 N–H and O–H groups in total. The standard InChI is InChI=1S/C26H26N4O/c1-19-7-12-23-24(17-19)28-25(27-23)21-8-10-22(11-9-21)26(31)30-15-13-29(14-16-30)18-20-5-3-2-4-6-20/h2-12,17H,13-16,18H2,1H3,(H,27,28). The van der Waals surface area contributed by atoms with Gasteiger partial charge in [-0.05, 0) is 42.3 Å². The van der Waals surface area contributed by atoms with Crippen molar-refractivity contribution in [2.45, 2.75) is 13.5 Å². The highest BCUT2D eigenvalue weighted by molar-refractivity contribution is 5.94. The van der Waals surface area contributed by atoms with Crippen molar-refractivity contribution in [3.05, 3.63) is 89.5 Å². The van der Waals surface area contributed by atoms with Gasteiger partial charge in [-0.15, -0.1) is 0 Å². The zero-order chi connectivity index (χ0) is 21.2. The van der Waals surface area contributed by atoms with Gasteiger partial charge in [0, 0.05) is 43.9 Å². The van der Waals surface area contributed by atoms with E-state index in [0.717, 1.165) is 60.7 Å². The number of carbonyl (C=O) groups excluding carboxylic acids is 1. The Hall–Kier alpha value is -3.44. The summed E-state index contributed by atoms with van der Waals surface area (Å²) >= 11 is 0. The number of hydrogen-bond donors (Lipinski definition) is 1. The molecule has 0 bridgehead atoms. The first-order valence-corrected chi connectivity index (χ1v) is 10.8. The van der Waals surface area contributed by atoms with Crippen LogP contribution in [0.2, 0.25) is 0 Å². The number of H-pyrrole nitrogens is 1. The van der Waals surface area contributed by atoms with Crippen LogP contribution in [0.25, 0.3) is 22.4 Å². The average Bonchev–Trinajstić information content (AvgIpc) is 3.23. The number of fused-ring (bicyclic) bond motifs is 1. The van der Waals surface area contributed by atoms with E-state index in [-0.39, 0.29) is 5.91 Å². The highest BCUT2D eigenvalue weighted by Crippen LogP contribution is 2.22. The molecule has 0 atom stereocenters. The minimum absolute atomic E-state index is 0.103. The third kappa shape index (κ3) is 4.23. The Balaban J connectivity index is 1.23. The van der Waals surface area contributed by atoms with Crippen molar-refractivity contribution >= 4 is 16.9 Å². The number of rotatable bonds is 4. The summed E-state index contributed by atoms with van der Waals surface area (Å²) in [5, 5.41) is 0. The molecule has 3 aromatic carbocycles. The van der Waals surface area contributed by atoms with Gasteiger partial charge >= 0.3 is 0 Å². The van der Waals surface area contributed by atoms with E-state index in [1.165, 1.54) is 11.1 Å². The van der Waals surface area contributed by atoms with Crippen LogP contribution in [-0.2, 0) is 6.54 Å². The number of aromatic amines is 1. The lowest BCUT2D eigenvalue weighted by Crippen LogP contribution is -2.48. The number of nitrogens with one attached hydrogen (secondary N) is 1. The highest BCUT2D eigenvalue weighted by Gasteiger charge is 2.22. The number of benzene rings is 3. The summed E-state index contributed by atoms with van der Waals surface area (Å²) in [5.74, 6) is 0.931. The van der Waals surface area contributed by atoms with Crippen LogP contribution in [0.3, 0.4) is 0 Å². The molecule has 156 valence electrons. The first-order chi connectivity index (χ1) is 15.2. The van der Waals surface area contributed by atoms with Gasteiger partial charge in [0.15, 0.2) is 0 Å². The van der Waals surface area contributed by atoms with Crippen LogP contribution in [0, 0.1) is 6.92 Å². The predicted octanol–water partition coefficient (Wildman–Crippen LogP) is 4.50. The molecule has 2 heterocycles. The van der Waals surface area contributed by atoms with E-state index >= 15 is 0 Å². The molecule has 1 fully saturated rings. The summed E-state index contributed by atoms with van der Waals surface area (Å²) in [6.07, 6.45) is 0. The van der Waals surface area contributed by atoms with Crippen molar-refractivity contribution in [3.63, 3.8) is 0 Å². The van der Waals surface area contributed by atoms with Crippen molar-refractivity contribution in [2.24, 2.45) is 0 Å². The van der Waals surface area contributed by atoms with Gasteiger partial charge in [-0.1, -0.05) is 48.5 Å². The maximum Gasteiger partial charge on any atom is 0.253 e. The van der Waals surface area contributed by atoms with Crippen LogP contribution in [0.1, 0.15) is 21.5 Å². The Labute approximate surface area is 182 Å². The van der Waals surface area contributed by atoms with Gasteiger partial charge < -0.3 is 9.88 Å². The molecule has 1 amide bonds. The fourth-order valence-electron chi connectivity index (χ4n) is 4.16. The van der Waals surface area contributed by atoms with Crippen LogP contribution in [0.4, 0.5) is 0 Å². The SMILES string of the molecule is Cc1ccc2nc(-c3ccc(C(=O)N4CCN(Cc5ccccc5)CC4)cc3)[nH]c2c1. The summed E-state index contributed by atoms with van der Waals surface area (Å²) in [6.45, 7) is 6.33. The topological polar surface area (TPSA) is 52.2 Å². The van der Waals surface area contributed by atoms with E-state index in [2.05, 4.69) is 58.2 Å². The van der Waals surface area contributed by atoms with E-state index in [9.17, 15) is 4.79 Å². The molecule has 0 spiro atoms. The zero-order valence-electron chi connectivity index (χ0n) is 17.7. The number of aryl methyl sites for hydroxylation is 1. The Morgan fingerprint density at radius 3 is 2.42 bits per heavy atom. The van der Waals surface area contributed by atoms with Crippen molar-refractivity contribution < 1.29 is 4.79 Å². The van der Waals surface area contributed by atoms with E-state index in [4.69, 9.17) is 0 Å². The van der Waals surface area contributed by atoms with Crippen molar-refractivity contribution in [1.29, 1.82) is 0 Å². The number of piperazine rings is 1. The number of nitrogens with zero attached hydrogens (tertiary/aromatic N) is 3. The largest absolute Gasteiger partial charge is 0.338 e. The lowest BCUT2D eigenvalue weighted by Gasteiger charge is -2.34. The van der Waals surface area contributed by atoms with Crippen LogP contribution >= 0.6 is 0 Å². The maximum absolute atomic E-state index is 13.0. The quantitative estimate of drug-likeness (QED) is 0.539. The first kappa shape index (κ1) is 19.5. The number of hydrogen-bond acceptors (Lipinski definition) is 3. The number of carbonyl (C=O) groups is 1. The first-order valence-electron chi connectivity index (χ1n) is 10.8. The predicted molar refractivity (Wildman–Crippen MR) is 124 cm³/mol. The molecule has 31 heavy (non-hydrogen) atoms. The van der Waals surface area contributed by atoms with Gasteiger partial charge in [-0.3, -0.25) is 9.69 Å². The third-order valence-electron chi connectivity index (χ3n) is 5.95. The van der Waals surface area contributed by atoms with Crippen LogP contribution in [0.15, 0.2) is 72.8 Å². The van der Waals surface area contributed by atoms with Gasteiger partial charge in [0.25, 0.3) is 5.91 Å². The van der Waals surface area contributed by atoms with E-state index in [1.807, 2.05) is 41.3 Å². The molecule has 1 saturated heterocycles. The fraction of sp³-hybridized carbons (Fsp3) is 0.231. The van der Waals surface area contributed by atoms with Crippen molar-refractivity contribution in [3.8, 4) is 11.4 Å². The third-order valence-corrected chi connectivity index (χ3v) is 5.95. The molecule has 1 aliphatic heterocycles. The smallest absolute Gasteiger partial charge is 0.253 e. The summed E-state index contributed by atoms with van der Waals surface area (Å²) in [5.41, 5.74) is 6.22. The number of imidazole rings is 1.